The SMILES string of the molecule is Clc1cccc(-c2cn3ccnc3cn2)c1. The van der Waals surface area contributed by atoms with E-state index in [1.807, 2.05) is 41.1 Å². The monoisotopic (exact) mass is 229 g/mol. The average molecular weight is 230 g/mol. The first kappa shape index (κ1) is 9.36. The zero-order valence-corrected chi connectivity index (χ0v) is 9.09. The Kier molecular flexibility index (Phi) is 2.11. The second kappa shape index (κ2) is 3.61. The molecule has 1 aromatic carbocycles. The molecule has 0 spiro atoms. The summed E-state index contributed by atoms with van der Waals surface area (Å²) in [6.45, 7) is 0. The largest absolute Gasteiger partial charge is 0.304 e. The van der Waals surface area contributed by atoms with Gasteiger partial charge in [0.15, 0.2) is 5.65 Å². The fourth-order valence-corrected chi connectivity index (χ4v) is 1.81. The van der Waals surface area contributed by atoms with Crippen molar-refractivity contribution in [2.24, 2.45) is 0 Å². The molecule has 0 saturated carbocycles. The van der Waals surface area contributed by atoms with Gasteiger partial charge < -0.3 is 4.40 Å². The van der Waals surface area contributed by atoms with Crippen LogP contribution >= 0.6 is 11.6 Å². The molecule has 0 radical (unpaired) electrons. The highest BCUT2D eigenvalue weighted by Gasteiger charge is 2.01. The van der Waals surface area contributed by atoms with Crippen molar-refractivity contribution < 1.29 is 0 Å². The molecule has 16 heavy (non-hydrogen) atoms. The van der Waals surface area contributed by atoms with Gasteiger partial charge in [0.2, 0.25) is 0 Å². The van der Waals surface area contributed by atoms with Crippen LogP contribution in [-0.4, -0.2) is 14.4 Å². The Morgan fingerprint density at radius 2 is 2.12 bits per heavy atom. The highest BCUT2D eigenvalue weighted by atomic mass is 35.5. The van der Waals surface area contributed by atoms with Crippen molar-refractivity contribution in [3.05, 3.63) is 54.1 Å². The van der Waals surface area contributed by atoms with Crippen molar-refractivity contribution >= 4 is 17.2 Å². The Labute approximate surface area is 97.3 Å². The minimum Gasteiger partial charge on any atom is -0.304 e. The summed E-state index contributed by atoms with van der Waals surface area (Å²) >= 11 is 5.94. The summed E-state index contributed by atoms with van der Waals surface area (Å²) in [5.74, 6) is 0. The third kappa shape index (κ3) is 1.55. The Hall–Kier alpha value is -1.87. The minimum atomic E-state index is 0.713. The van der Waals surface area contributed by atoms with Crippen molar-refractivity contribution in [2.45, 2.75) is 0 Å². The van der Waals surface area contributed by atoms with Crippen molar-refractivity contribution in [3.63, 3.8) is 0 Å². The van der Waals surface area contributed by atoms with Crippen LogP contribution in [0.3, 0.4) is 0 Å². The summed E-state index contributed by atoms with van der Waals surface area (Å²) in [6.07, 6.45) is 7.33. The van der Waals surface area contributed by atoms with E-state index in [-0.39, 0.29) is 0 Å². The quantitative estimate of drug-likeness (QED) is 0.642. The first-order chi connectivity index (χ1) is 7.83. The van der Waals surface area contributed by atoms with Crippen LogP contribution in [0.15, 0.2) is 49.1 Å². The predicted molar refractivity (Wildman–Crippen MR) is 63.4 cm³/mol. The summed E-state index contributed by atoms with van der Waals surface area (Å²) in [7, 11) is 0. The number of fused-ring (bicyclic) bond motifs is 1. The van der Waals surface area contributed by atoms with Crippen LogP contribution in [0, 0.1) is 0 Å². The van der Waals surface area contributed by atoms with Crippen LogP contribution in [-0.2, 0) is 0 Å². The Balaban J connectivity index is 2.18. The fraction of sp³-hybridized carbons (Fsp3) is 0. The van der Waals surface area contributed by atoms with E-state index < -0.39 is 0 Å². The number of rotatable bonds is 1. The molecule has 0 aliphatic heterocycles. The summed E-state index contributed by atoms with van der Waals surface area (Å²) in [5.41, 5.74) is 2.72. The lowest BCUT2D eigenvalue weighted by atomic mass is 10.2. The molecule has 2 aromatic heterocycles. The first-order valence-corrected chi connectivity index (χ1v) is 5.25. The maximum Gasteiger partial charge on any atom is 0.155 e. The number of hydrogen-bond acceptors (Lipinski definition) is 2. The third-order valence-corrected chi connectivity index (χ3v) is 2.63. The Morgan fingerprint density at radius 3 is 3.00 bits per heavy atom. The number of nitrogens with zero attached hydrogens (tertiary/aromatic N) is 3. The van der Waals surface area contributed by atoms with Crippen LogP contribution in [0.1, 0.15) is 0 Å². The van der Waals surface area contributed by atoms with Crippen LogP contribution in [0.2, 0.25) is 5.02 Å². The number of aromatic nitrogens is 3. The summed E-state index contributed by atoms with van der Waals surface area (Å²) in [5, 5.41) is 0.713. The van der Waals surface area contributed by atoms with Crippen LogP contribution in [0.5, 0.6) is 0 Å². The Bertz CT molecular complexity index is 645. The topological polar surface area (TPSA) is 30.2 Å². The van der Waals surface area contributed by atoms with Crippen molar-refractivity contribution in [3.8, 4) is 11.3 Å². The number of hydrogen-bond donors (Lipinski definition) is 0. The van der Waals surface area contributed by atoms with Gasteiger partial charge in [0, 0.05) is 29.2 Å². The molecule has 0 unspecified atom stereocenters. The van der Waals surface area contributed by atoms with Gasteiger partial charge in [-0.05, 0) is 12.1 Å². The van der Waals surface area contributed by atoms with E-state index in [0.29, 0.717) is 5.02 Å². The number of imidazole rings is 1. The third-order valence-electron chi connectivity index (χ3n) is 2.40. The second-order valence-electron chi connectivity index (χ2n) is 3.48. The van der Waals surface area contributed by atoms with E-state index in [1.165, 1.54) is 0 Å². The highest BCUT2D eigenvalue weighted by molar-refractivity contribution is 6.30. The molecule has 0 aliphatic rings. The smallest absolute Gasteiger partial charge is 0.155 e. The normalized spacial score (nSPS) is 10.8. The second-order valence-corrected chi connectivity index (χ2v) is 3.91. The lowest BCUT2D eigenvalue weighted by molar-refractivity contribution is 1.13. The number of benzene rings is 1. The molecule has 0 fully saturated rings. The molecule has 3 rings (SSSR count). The van der Waals surface area contributed by atoms with E-state index in [9.17, 15) is 0 Å². The zero-order valence-electron chi connectivity index (χ0n) is 8.34. The molecule has 0 N–H and O–H groups in total. The van der Waals surface area contributed by atoms with Crippen molar-refractivity contribution in [1.82, 2.24) is 14.4 Å². The average Bonchev–Trinajstić information content (AvgIpc) is 2.75. The van der Waals surface area contributed by atoms with Gasteiger partial charge in [-0.1, -0.05) is 23.7 Å². The van der Waals surface area contributed by atoms with E-state index >= 15 is 0 Å². The maximum absolute atomic E-state index is 5.94. The van der Waals surface area contributed by atoms with Gasteiger partial charge in [0.25, 0.3) is 0 Å². The Morgan fingerprint density at radius 1 is 1.19 bits per heavy atom. The molecule has 3 aromatic rings. The van der Waals surface area contributed by atoms with Crippen LogP contribution in [0.25, 0.3) is 16.9 Å². The first-order valence-electron chi connectivity index (χ1n) is 4.87. The molecular weight excluding hydrogens is 222 g/mol. The van der Waals surface area contributed by atoms with E-state index in [0.717, 1.165) is 16.9 Å². The van der Waals surface area contributed by atoms with E-state index in [1.54, 1.807) is 12.4 Å². The predicted octanol–water partition coefficient (Wildman–Crippen LogP) is 3.05. The van der Waals surface area contributed by atoms with Gasteiger partial charge in [-0.2, -0.15) is 0 Å². The molecule has 0 aliphatic carbocycles. The van der Waals surface area contributed by atoms with Gasteiger partial charge in [0.1, 0.15) is 0 Å². The maximum atomic E-state index is 5.94. The minimum absolute atomic E-state index is 0.713. The van der Waals surface area contributed by atoms with Crippen molar-refractivity contribution in [1.29, 1.82) is 0 Å². The van der Waals surface area contributed by atoms with Crippen LogP contribution < -0.4 is 0 Å². The molecule has 0 bridgehead atoms. The molecule has 78 valence electrons. The summed E-state index contributed by atoms with van der Waals surface area (Å²) < 4.78 is 1.93. The lowest BCUT2D eigenvalue weighted by Gasteiger charge is -2.02. The molecule has 4 heteroatoms. The molecule has 0 saturated heterocycles. The standard InChI is InChI=1S/C12H8ClN3/c13-10-3-1-2-9(6-10)11-8-16-5-4-14-12(16)7-15-11/h1-8H. The van der Waals surface area contributed by atoms with Gasteiger partial charge in [0.05, 0.1) is 11.9 Å². The molecule has 0 amide bonds. The highest BCUT2D eigenvalue weighted by Crippen LogP contribution is 2.20. The summed E-state index contributed by atoms with van der Waals surface area (Å²) in [4.78, 5) is 8.49. The molecular formula is C12H8ClN3. The van der Waals surface area contributed by atoms with E-state index in [2.05, 4.69) is 9.97 Å². The van der Waals surface area contributed by atoms with Crippen LogP contribution in [0.4, 0.5) is 0 Å². The van der Waals surface area contributed by atoms with Gasteiger partial charge >= 0.3 is 0 Å². The molecule has 3 nitrogen and oxygen atoms in total. The zero-order chi connectivity index (χ0) is 11.0. The van der Waals surface area contributed by atoms with E-state index in [4.69, 9.17) is 11.6 Å². The fourth-order valence-electron chi connectivity index (χ4n) is 1.62. The van der Waals surface area contributed by atoms with Gasteiger partial charge in [-0.15, -0.1) is 0 Å². The molecule has 0 atom stereocenters. The van der Waals surface area contributed by atoms with Crippen molar-refractivity contribution in [2.75, 3.05) is 0 Å². The summed E-state index contributed by atoms with van der Waals surface area (Å²) in [6, 6.07) is 7.64. The molecule has 2 heterocycles. The van der Waals surface area contributed by atoms with Gasteiger partial charge in [-0.3, -0.25) is 4.98 Å². The van der Waals surface area contributed by atoms with Gasteiger partial charge in [-0.25, -0.2) is 4.98 Å². The number of halogens is 1. The lowest BCUT2D eigenvalue weighted by Crippen LogP contribution is -1.89.